The van der Waals surface area contributed by atoms with Crippen LogP contribution in [0.25, 0.3) is 5.69 Å². The van der Waals surface area contributed by atoms with Crippen LogP contribution in [0.1, 0.15) is 21.5 Å². The maximum atomic E-state index is 12.8. The van der Waals surface area contributed by atoms with Gasteiger partial charge >= 0.3 is 11.7 Å². The van der Waals surface area contributed by atoms with E-state index in [1.54, 1.807) is 18.2 Å². The van der Waals surface area contributed by atoms with E-state index in [1.807, 2.05) is 13.8 Å². The van der Waals surface area contributed by atoms with Crippen LogP contribution in [-0.2, 0) is 10.0 Å². The van der Waals surface area contributed by atoms with Crippen molar-refractivity contribution in [2.75, 3.05) is 0 Å². The van der Waals surface area contributed by atoms with Crippen LogP contribution in [-0.4, -0.2) is 33.1 Å². The van der Waals surface area contributed by atoms with Crippen LogP contribution < -0.4 is 5.69 Å². The molecule has 0 aliphatic carbocycles. The quantitative estimate of drug-likeness (QED) is 0.705. The van der Waals surface area contributed by atoms with Gasteiger partial charge in [0, 0.05) is 0 Å². The first kappa shape index (κ1) is 18.5. The van der Waals surface area contributed by atoms with Crippen molar-refractivity contribution in [3.05, 3.63) is 75.8 Å². The van der Waals surface area contributed by atoms with Crippen molar-refractivity contribution >= 4 is 16.0 Å². The Bertz CT molecular complexity index is 1220. The van der Waals surface area contributed by atoms with Gasteiger partial charge in [-0.05, 0) is 55.3 Å². The Hall–Kier alpha value is -3.33. The Balaban J connectivity index is 2.19. The number of benzene rings is 2. The SMILES string of the molecule is Cc1ccc(-n2cc(O)n(S(=O)(=O)c3cccc(C(=O)O)c3)c2=O)cc1C. The minimum absolute atomic E-state index is 0.239. The van der Waals surface area contributed by atoms with Crippen LogP contribution in [0, 0.1) is 13.8 Å². The van der Waals surface area contributed by atoms with Crippen LogP contribution in [0.5, 0.6) is 5.88 Å². The predicted molar refractivity (Wildman–Crippen MR) is 97.2 cm³/mol. The molecule has 0 amide bonds. The first-order valence-corrected chi connectivity index (χ1v) is 9.27. The summed E-state index contributed by atoms with van der Waals surface area (Å²) in [6.07, 6.45) is 1.00. The van der Waals surface area contributed by atoms with Gasteiger partial charge in [-0.1, -0.05) is 12.1 Å². The smallest absolute Gasteiger partial charge is 0.350 e. The zero-order valence-electron chi connectivity index (χ0n) is 14.4. The van der Waals surface area contributed by atoms with Crippen molar-refractivity contribution < 1.29 is 23.4 Å². The van der Waals surface area contributed by atoms with Gasteiger partial charge in [0.2, 0.25) is 5.88 Å². The first-order chi connectivity index (χ1) is 12.6. The lowest BCUT2D eigenvalue weighted by molar-refractivity contribution is 0.0696. The molecule has 140 valence electrons. The van der Waals surface area contributed by atoms with Crippen LogP contribution in [0.4, 0.5) is 0 Å². The van der Waals surface area contributed by atoms with Gasteiger partial charge in [-0.2, -0.15) is 0 Å². The van der Waals surface area contributed by atoms with Gasteiger partial charge in [0.1, 0.15) is 0 Å². The van der Waals surface area contributed by atoms with Crippen molar-refractivity contribution in [2.24, 2.45) is 0 Å². The van der Waals surface area contributed by atoms with Gasteiger partial charge < -0.3 is 10.2 Å². The highest BCUT2D eigenvalue weighted by Gasteiger charge is 2.26. The average molecular weight is 388 g/mol. The standard InChI is InChI=1S/C18H16N2O6S/c1-11-6-7-14(8-12(11)2)19-10-16(21)20(18(19)24)27(25,26)15-5-3-4-13(9-15)17(22)23/h3-10,21H,1-2H3,(H,22,23). The second-order valence-electron chi connectivity index (χ2n) is 6.01. The van der Waals surface area contributed by atoms with E-state index in [-0.39, 0.29) is 9.54 Å². The molecule has 3 aromatic rings. The van der Waals surface area contributed by atoms with E-state index in [2.05, 4.69) is 0 Å². The third-order valence-corrected chi connectivity index (χ3v) is 5.89. The van der Waals surface area contributed by atoms with E-state index in [4.69, 9.17) is 5.11 Å². The molecule has 0 unspecified atom stereocenters. The lowest BCUT2D eigenvalue weighted by Crippen LogP contribution is -2.29. The molecule has 2 N–H and O–H groups in total. The second kappa shape index (κ2) is 6.44. The average Bonchev–Trinajstić information content (AvgIpc) is 2.92. The fourth-order valence-corrected chi connectivity index (χ4v) is 3.92. The van der Waals surface area contributed by atoms with Crippen LogP contribution in [0.3, 0.4) is 0 Å². The number of imidazole rings is 1. The number of carboxylic acids is 1. The number of aromatic carboxylic acids is 1. The summed E-state index contributed by atoms with van der Waals surface area (Å²) in [7, 11) is -4.49. The first-order valence-electron chi connectivity index (χ1n) is 7.83. The van der Waals surface area contributed by atoms with Gasteiger partial charge in [-0.15, -0.1) is 3.97 Å². The van der Waals surface area contributed by atoms with Crippen LogP contribution in [0.15, 0.2) is 58.4 Å². The van der Waals surface area contributed by atoms with E-state index in [9.17, 15) is 23.1 Å². The Morgan fingerprint density at radius 2 is 1.74 bits per heavy atom. The highest BCUT2D eigenvalue weighted by Crippen LogP contribution is 2.21. The zero-order chi connectivity index (χ0) is 19.9. The molecule has 0 bridgehead atoms. The van der Waals surface area contributed by atoms with E-state index in [0.29, 0.717) is 5.69 Å². The highest BCUT2D eigenvalue weighted by atomic mass is 32.2. The molecule has 0 atom stereocenters. The molecule has 8 nitrogen and oxygen atoms in total. The summed E-state index contributed by atoms with van der Waals surface area (Å²) in [5.74, 6) is -2.09. The molecular formula is C18H16N2O6S. The topological polar surface area (TPSA) is 119 Å². The molecule has 0 fully saturated rings. The molecule has 0 saturated carbocycles. The summed E-state index contributed by atoms with van der Waals surface area (Å²) >= 11 is 0. The summed E-state index contributed by atoms with van der Waals surface area (Å²) in [4.78, 5) is 23.4. The van der Waals surface area contributed by atoms with Crippen molar-refractivity contribution in [3.8, 4) is 11.6 Å². The molecule has 0 aliphatic rings. The van der Waals surface area contributed by atoms with Gasteiger partial charge in [-0.25, -0.2) is 18.0 Å². The number of hydrogen-bond acceptors (Lipinski definition) is 5. The number of rotatable bonds is 4. The van der Waals surface area contributed by atoms with E-state index < -0.39 is 32.5 Å². The summed E-state index contributed by atoms with van der Waals surface area (Å²) in [6.45, 7) is 3.74. The Morgan fingerprint density at radius 1 is 1.04 bits per heavy atom. The minimum atomic E-state index is -4.49. The molecule has 0 radical (unpaired) electrons. The number of carbonyl (C=O) groups is 1. The lowest BCUT2D eigenvalue weighted by atomic mass is 10.1. The van der Waals surface area contributed by atoms with Crippen molar-refractivity contribution in [1.29, 1.82) is 0 Å². The third-order valence-electron chi connectivity index (χ3n) is 4.22. The Labute approximate surface area is 154 Å². The summed E-state index contributed by atoms with van der Waals surface area (Å²) in [5.41, 5.74) is 1.04. The van der Waals surface area contributed by atoms with Gasteiger partial charge in [0.05, 0.1) is 22.3 Å². The third kappa shape index (κ3) is 3.13. The summed E-state index contributed by atoms with van der Waals surface area (Å²) < 4.78 is 26.9. The maximum absolute atomic E-state index is 12.8. The fraction of sp³-hybridized carbons (Fsp3) is 0.111. The number of aromatic nitrogens is 2. The van der Waals surface area contributed by atoms with Gasteiger partial charge in [0.15, 0.2) is 0 Å². The highest BCUT2D eigenvalue weighted by molar-refractivity contribution is 7.90. The number of nitrogens with zero attached hydrogens (tertiary/aromatic N) is 2. The van der Waals surface area contributed by atoms with Crippen molar-refractivity contribution in [1.82, 2.24) is 8.54 Å². The normalized spacial score (nSPS) is 11.5. The Morgan fingerprint density at radius 3 is 2.37 bits per heavy atom. The van der Waals surface area contributed by atoms with Crippen molar-refractivity contribution in [3.63, 3.8) is 0 Å². The van der Waals surface area contributed by atoms with E-state index >= 15 is 0 Å². The Kier molecular flexibility index (Phi) is 4.40. The van der Waals surface area contributed by atoms with Crippen LogP contribution >= 0.6 is 0 Å². The molecule has 1 heterocycles. The second-order valence-corrected chi connectivity index (χ2v) is 7.80. The van der Waals surface area contributed by atoms with Gasteiger partial charge in [0.25, 0.3) is 10.0 Å². The largest absolute Gasteiger partial charge is 0.493 e. The molecule has 3 rings (SSSR count). The molecule has 0 aliphatic heterocycles. The number of carboxylic acid groups (broad SMARTS) is 1. The molecule has 0 spiro atoms. The maximum Gasteiger partial charge on any atom is 0.350 e. The summed E-state index contributed by atoms with van der Waals surface area (Å²) in [6, 6.07) is 9.65. The van der Waals surface area contributed by atoms with E-state index in [1.165, 1.54) is 12.1 Å². The van der Waals surface area contributed by atoms with Crippen molar-refractivity contribution in [2.45, 2.75) is 18.7 Å². The monoisotopic (exact) mass is 388 g/mol. The molecule has 9 heteroatoms. The molecule has 1 aromatic heterocycles. The zero-order valence-corrected chi connectivity index (χ0v) is 15.3. The fourth-order valence-electron chi connectivity index (χ4n) is 2.60. The van der Waals surface area contributed by atoms with E-state index in [0.717, 1.165) is 34.0 Å². The number of aromatic hydroxyl groups is 1. The summed E-state index contributed by atoms with van der Waals surface area (Å²) in [5, 5.41) is 19.2. The minimum Gasteiger partial charge on any atom is -0.493 e. The lowest BCUT2D eigenvalue weighted by Gasteiger charge is -2.07. The predicted octanol–water partition coefficient (Wildman–Crippen LogP) is 1.90. The molecule has 2 aromatic carbocycles. The molecule has 0 saturated heterocycles. The number of aryl methyl sites for hydroxylation is 2. The number of hydrogen-bond donors (Lipinski definition) is 2. The molecular weight excluding hydrogens is 372 g/mol. The molecule has 27 heavy (non-hydrogen) atoms. The van der Waals surface area contributed by atoms with Gasteiger partial charge in [-0.3, -0.25) is 4.57 Å². The van der Waals surface area contributed by atoms with Crippen LogP contribution in [0.2, 0.25) is 0 Å².